The monoisotopic (exact) mass is 323 g/mol. The average molecular weight is 323 g/mol. The first-order valence-electron chi connectivity index (χ1n) is 8.33. The Morgan fingerprint density at radius 1 is 1.21 bits per heavy atom. The molecule has 0 bridgehead atoms. The highest BCUT2D eigenvalue weighted by Crippen LogP contribution is 2.39. The lowest BCUT2D eigenvalue weighted by molar-refractivity contribution is -0.134. The molecule has 6 heteroatoms. The Morgan fingerprint density at radius 2 is 2.04 bits per heavy atom. The third kappa shape index (κ3) is 1.68. The van der Waals surface area contributed by atoms with Crippen LogP contribution >= 0.6 is 0 Å². The number of aromatic nitrogens is 2. The van der Waals surface area contributed by atoms with Gasteiger partial charge in [-0.1, -0.05) is 18.6 Å². The van der Waals surface area contributed by atoms with E-state index in [9.17, 15) is 9.59 Å². The first kappa shape index (κ1) is 13.8. The molecular weight excluding hydrogens is 306 g/mol. The van der Waals surface area contributed by atoms with Crippen molar-refractivity contribution in [2.75, 3.05) is 7.05 Å². The Hall–Kier alpha value is -2.63. The summed E-state index contributed by atoms with van der Waals surface area (Å²) in [7, 11) is 1.79. The fourth-order valence-electron chi connectivity index (χ4n) is 4.26. The predicted octanol–water partition coefficient (Wildman–Crippen LogP) is 2.46. The SMILES string of the molecule is CN1Cc2nc3c(oc4ccccc43)c(=O)n2[C@@H]2CCC[C@@H]2C1=O. The number of rotatable bonds is 0. The predicted molar refractivity (Wildman–Crippen MR) is 88.6 cm³/mol. The summed E-state index contributed by atoms with van der Waals surface area (Å²) in [6, 6.07) is 7.45. The molecule has 1 aromatic carbocycles. The molecule has 2 aromatic heterocycles. The molecule has 5 rings (SSSR count). The van der Waals surface area contributed by atoms with Crippen molar-refractivity contribution in [1.82, 2.24) is 14.5 Å². The molecule has 24 heavy (non-hydrogen) atoms. The zero-order chi connectivity index (χ0) is 16.4. The molecule has 2 aliphatic rings. The van der Waals surface area contributed by atoms with Crippen LogP contribution in [0.25, 0.3) is 22.1 Å². The largest absolute Gasteiger partial charge is 0.448 e. The zero-order valence-corrected chi connectivity index (χ0v) is 13.4. The molecule has 0 N–H and O–H groups in total. The molecule has 122 valence electrons. The summed E-state index contributed by atoms with van der Waals surface area (Å²) in [6.45, 7) is 0.358. The molecule has 1 saturated carbocycles. The van der Waals surface area contributed by atoms with Gasteiger partial charge in [0.1, 0.15) is 16.9 Å². The van der Waals surface area contributed by atoms with Gasteiger partial charge >= 0.3 is 0 Å². The van der Waals surface area contributed by atoms with Crippen LogP contribution in [0.4, 0.5) is 0 Å². The third-order valence-electron chi connectivity index (χ3n) is 5.38. The Bertz CT molecular complexity index is 1050. The number of hydrogen-bond donors (Lipinski definition) is 0. The van der Waals surface area contributed by atoms with E-state index in [0.29, 0.717) is 29.1 Å². The molecule has 0 radical (unpaired) electrons. The third-order valence-corrected chi connectivity index (χ3v) is 5.38. The summed E-state index contributed by atoms with van der Waals surface area (Å²) in [4.78, 5) is 32.2. The number of nitrogens with zero attached hydrogens (tertiary/aromatic N) is 3. The van der Waals surface area contributed by atoms with Gasteiger partial charge in [0.2, 0.25) is 11.5 Å². The number of carbonyl (C=O) groups excluding carboxylic acids is 1. The highest BCUT2D eigenvalue weighted by atomic mass is 16.3. The Balaban J connectivity index is 1.87. The first-order chi connectivity index (χ1) is 11.6. The zero-order valence-electron chi connectivity index (χ0n) is 13.4. The van der Waals surface area contributed by atoms with Crippen molar-refractivity contribution in [2.45, 2.75) is 31.8 Å². The van der Waals surface area contributed by atoms with E-state index >= 15 is 0 Å². The minimum Gasteiger partial charge on any atom is -0.448 e. The van der Waals surface area contributed by atoms with Crippen molar-refractivity contribution in [3.05, 3.63) is 40.4 Å². The Labute approximate surface area is 137 Å². The van der Waals surface area contributed by atoms with E-state index in [4.69, 9.17) is 9.40 Å². The maximum Gasteiger partial charge on any atom is 0.297 e. The van der Waals surface area contributed by atoms with Gasteiger partial charge in [0.05, 0.1) is 18.5 Å². The maximum absolute atomic E-state index is 13.2. The summed E-state index contributed by atoms with van der Waals surface area (Å²) in [6.07, 6.45) is 2.63. The second kappa shape index (κ2) is 4.69. The lowest BCUT2D eigenvalue weighted by Gasteiger charge is -2.19. The van der Waals surface area contributed by atoms with Gasteiger partial charge in [-0.2, -0.15) is 0 Å². The van der Waals surface area contributed by atoms with E-state index in [2.05, 4.69) is 0 Å². The van der Waals surface area contributed by atoms with E-state index in [1.54, 1.807) is 16.5 Å². The number of amides is 1. The van der Waals surface area contributed by atoms with Gasteiger partial charge < -0.3 is 9.32 Å². The van der Waals surface area contributed by atoms with Crippen molar-refractivity contribution in [3.63, 3.8) is 0 Å². The standard InChI is InChI=1S/C18H17N3O3/c1-20-9-14-19-15-11-5-2-3-8-13(11)24-16(15)18(23)21(14)12-7-4-6-10(12)17(20)22/h2-3,5,8,10,12H,4,6-7,9H2,1H3/t10-,12+/m0/s1. The summed E-state index contributed by atoms with van der Waals surface area (Å²) in [5.41, 5.74) is 1.40. The number of para-hydroxylation sites is 1. The minimum atomic E-state index is -0.161. The van der Waals surface area contributed by atoms with Gasteiger partial charge in [-0.05, 0) is 25.0 Å². The van der Waals surface area contributed by atoms with E-state index in [1.165, 1.54) is 0 Å². The van der Waals surface area contributed by atoms with Gasteiger partial charge in [0.25, 0.3) is 5.56 Å². The lowest BCUT2D eigenvalue weighted by atomic mass is 10.0. The Kier molecular flexibility index (Phi) is 2.69. The fraction of sp³-hybridized carbons (Fsp3) is 0.389. The molecule has 0 saturated heterocycles. The van der Waals surface area contributed by atoms with Gasteiger partial charge in [-0.3, -0.25) is 14.2 Å². The molecule has 1 amide bonds. The summed E-state index contributed by atoms with van der Waals surface area (Å²) >= 11 is 0. The van der Waals surface area contributed by atoms with Crippen LogP contribution in [0.5, 0.6) is 0 Å². The van der Waals surface area contributed by atoms with Crippen LogP contribution in [-0.4, -0.2) is 27.4 Å². The summed E-state index contributed by atoms with van der Waals surface area (Å²) < 4.78 is 7.52. The topological polar surface area (TPSA) is 68.3 Å². The molecule has 6 nitrogen and oxygen atoms in total. The van der Waals surface area contributed by atoms with E-state index < -0.39 is 0 Å². The van der Waals surface area contributed by atoms with Crippen LogP contribution in [0.1, 0.15) is 31.1 Å². The van der Waals surface area contributed by atoms with Crippen molar-refractivity contribution in [3.8, 4) is 0 Å². The van der Waals surface area contributed by atoms with E-state index in [1.807, 2.05) is 24.3 Å². The van der Waals surface area contributed by atoms with Gasteiger partial charge in [-0.15, -0.1) is 0 Å². The van der Waals surface area contributed by atoms with Crippen LogP contribution in [-0.2, 0) is 11.3 Å². The molecule has 1 fully saturated rings. The van der Waals surface area contributed by atoms with Gasteiger partial charge in [-0.25, -0.2) is 4.98 Å². The van der Waals surface area contributed by atoms with Crippen LogP contribution in [0.15, 0.2) is 33.5 Å². The fourth-order valence-corrected chi connectivity index (χ4v) is 4.26. The van der Waals surface area contributed by atoms with Gasteiger partial charge in [0, 0.05) is 12.4 Å². The van der Waals surface area contributed by atoms with Crippen LogP contribution in [0.2, 0.25) is 0 Å². The highest BCUT2D eigenvalue weighted by Gasteiger charge is 2.40. The number of furan rings is 1. The van der Waals surface area contributed by atoms with E-state index in [-0.39, 0.29) is 23.4 Å². The number of carbonyl (C=O) groups is 1. The quantitative estimate of drug-likeness (QED) is 0.637. The van der Waals surface area contributed by atoms with Crippen molar-refractivity contribution < 1.29 is 9.21 Å². The smallest absolute Gasteiger partial charge is 0.297 e. The molecule has 3 heterocycles. The second-order valence-electron chi connectivity index (χ2n) is 6.78. The molecule has 0 spiro atoms. The Morgan fingerprint density at radius 3 is 2.92 bits per heavy atom. The molecular formula is C18H17N3O3. The van der Waals surface area contributed by atoms with Gasteiger partial charge in [0.15, 0.2) is 0 Å². The van der Waals surface area contributed by atoms with Crippen LogP contribution in [0, 0.1) is 5.92 Å². The normalized spacial score (nSPS) is 23.5. The molecule has 0 unspecified atom stereocenters. The van der Waals surface area contributed by atoms with Crippen molar-refractivity contribution >= 4 is 28.0 Å². The maximum atomic E-state index is 13.2. The van der Waals surface area contributed by atoms with E-state index in [0.717, 1.165) is 24.6 Å². The minimum absolute atomic E-state index is 0.102. The number of hydrogen-bond acceptors (Lipinski definition) is 4. The lowest BCUT2D eigenvalue weighted by Crippen LogP contribution is -2.32. The van der Waals surface area contributed by atoms with Crippen LogP contribution < -0.4 is 5.56 Å². The molecule has 2 atom stereocenters. The molecule has 3 aromatic rings. The second-order valence-corrected chi connectivity index (χ2v) is 6.78. The summed E-state index contributed by atoms with van der Waals surface area (Å²) in [5.74, 6) is 0.644. The van der Waals surface area contributed by atoms with Crippen molar-refractivity contribution in [1.29, 1.82) is 0 Å². The number of fused-ring (bicyclic) bond motifs is 6. The average Bonchev–Trinajstić information content (AvgIpc) is 3.17. The highest BCUT2D eigenvalue weighted by molar-refractivity contribution is 6.01. The number of benzene rings is 1. The molecule has 1 aliphatic heterocycles. The summed E-state index contributed by atoms with van der Waals surface area (Å²) in [5, 5.41) is 0.842. The van der Waals surface area contributed by atoms with Crippen molar-refractivity contribution in [2.24, 2.45) is 5.92 Å². The first-order valence-corrected chi connectivity index (χ1v) is 8.33. The molecule has 1 aliphatic carbocycles. The van der Waals surface area contributed by atoms with Crippen LogP contribution in [0.3, 0.4) is 0 Å².